The Balaban J connectivity index is 1.37. The molecule has 0 spiro atoms. The number of piperazine rings is 1. The summed E-state index contributed by atoms with van der Waals surface area (Å²) in [4.78, 5) is 33.3. The highest BCUT2D eigenvalue weighted by Crippen LogP contribution is 2.32. The van der Waals surface area contributed by atoms with E-state index in [-0.39, 0.29) is 17.6 Å². The normalized spacial score (nSPS) is 20.0. The van der Waals surface area contributed by atoms with Gasteiger partial charge >= 0.3 is 0 Å². The summed E-state index contributed by atoms with van der Waals surface area (Å²) in [6.07, 6.45) is 1.81. The lowest BCUT2D eigenvalue weighted by Gasteiger charge is -2.35. The lowest BCUT2D eigenvalue weighted by atomic mass is 9.98. The summed E-state index contributed by atoms with van der Waals surface area (Å²) in [7, 11) is 0. The molecule has 2 aliphatic heterocycles. The minimum Gasteiger partial charge on any atom is -0.354 e. The molecule has 1 amide bonds. The molecule has 2 aromatic rings. The van der Waals surface area contributed by atoms with E-state index < -0.39 is 0 Å². The molecule has 2 aliphatic rings. The minimum absolute atomic E-state index is 0.00441. The summed E-state index contributed by atoms with van der Waals surface area (Å²) >= 11 is 0. The quantitative estimate of drug-likeness (QED) is 0.856. The number of hydrogen-bond donors (Lipinski definition) is 1. The molecule has 0 radical (unpaired) electrons. The lowest BCUT2D eigenvalue weighted by molar-refractivity contribution is -0.116. The molecule has 0 aliphatic carbocycles. The molecule has 134 valence electrons. The van der Waals surface area contributed by atoms with Crippen LogP contribution in [-0.2, 0) is 4.79 Å². The van der Waals surface area contributed by atoms with Crippen LogP contribution in [0, 0.1) is 0 Å². The number of carbonyl (C=O) groups is 2. The van der Waals surface area contributed by atoms with Crippen LogP contribution in [-0.4, -0.2) is 54.3 Å². The first-order valence-corrected chi connectivity index (χ1v) is 8.98. The largest absolute Gasteiger partial charge is 0.354 e. The zero-order valence-corrected chi connectivity index (χ0v) is 14.8. The molecule has 1 N–H and O–H groups in total. The maximum absolute atomic E-state index is 12.7. The van der Waals surface area contributed by atoms with E-state index in [9.17, 15) is 9.59 Å². The van der Waals surface area contributed by atoms with Gasteiger partial charge in [-0.1, -0.05) is 6.07 Å². The van der Waals surface area contributed by atoms with Crippen molar-refractivity contribution in [2.24, 2.45) is 0 Å². The highest BCUT2D eigenvalue weighted by Gasteiger charge is 2.27. The Hall–Kier alpha value is -2.73. The summed E-state index contributed by atoms with van der Waals surface area (Å²) in [5.41, 5.74) is 2.42. The molecule has 4 rings (SSSR count). The number of nitrogens with zero attached hydrogens (tertiary/aromatic N) is 3. The molecule has 1 aromatic carbocycles. The van der Waals surface area contributed by atoms with Gasteiger partial charge in [0, 0.05) is 43.6 Å². The topological polar surface area (TPSA) is 65.5 Å². The fourth-order valence-electron chi connectivity index (χ4n) is 3.56. The zero-order chi connectivity index (χ0) is 18.1. The minimum atomic E-state index is -0.195. The second-order valence-electron chi connectivity index (χ2n) is 6.89. The predicted molar refractivity (Wildman–Crippen MR) is 101 cm³/mol. The first kappa shape index (κ1) is 16.7. The van der Waals surface area contributed by atoms with Crippen molar-refractivity contribution < 1.29 is 9.59 Å². The molecule has 26 heavy (non-hydrogen) atoms. The van der Waals surface area contributed by atoms with Crippen molar-refractivity contribution >= 4 is 23.2 Å². The number of anilines is 2. The Morgan fingerprint density at radius 2 is 2.00 bits per heavy atom. The molecular formula is C20H22N4O2. The smallest absolute Gasteiger partial charge is 0.231 e. The number of aromatic nitrogens is 1. The first-order chi connectivity index (χ1) is 12.6. The van der Waals surface area contributed by atoms with Crippen molar-refractivity contribution in [2.45, 2.75) is 12.8 Å². The van der Waals surface area contributed by atoms with E-state index in [4.69, 9.17) is 0 Å². The third-order valence-corrected chi connectivity index (χ3v) is 5.20. The van der Waals surface area contributed by atoms with Crippen LogP contribution in [0.5, 0.6) is 0 Å². The molecule has 1 saturated heterocycles. The predicted octanol–water partition coefficient (Wildman–Crippen LogP) is 2.14. The number of benzene rings is 1. The van der Waals surface area contributed by atoms with Crippen molar-refractivity contribution in [2.75, 3.05) is 42.9 Å². The van der Waals surface area contributed by atoms with Gasteiger partial charge in [-0.2, -0.15) is 0 Å². The van der Waals surface area contributed by atoms with Crippen LogP contribution < -0.4 is 10.2 Å². The number of carbonyl (C=O) groups excluding carboxylic acids is 2. The Bertz CT molecular complexity index is 829. The molecule has 0 saturated carbocycles. The van der Waals surface area contributed by atoms with Crippen LogP contribution >= 0.6 is 0 Å². The van der Waals surface area contributed by atoms with E-state index in [0.29, 0.717) is 12.1 Å². The summed E-state index contributed by atoms with van der Waals surface area (Å²) in [6, 6.07) is 11.4. The number of nitrogens with one attached hydrogen (secondary N) is 1. The van der Waals surface area contributed by atoms with Crippen LogP contribution in [0.1, 0.15) is 28.8 Å². The Morgan fingerprint density at radius 3 is 2.73 bits per heavy atom. The fourth-order valence-corrected chi connectivity index (χ4v) is 3.56. The van der Waals surface area contributed by atoms with E-state index in [1.165, 1.54) is 0 Å². The third kappa shape index (κ3) is 3.20. The first-order valence-electron chi connectivity index (χ1n) is 8.98. The number of ketones is 1. The average Bonchev–Trinajstić information content (AvgIpc) is 2.96. The zero-order valence-electron chi connectivity index (χ0n) is 14.8. The average molecular weight is 350 g/mol. The molecule has 1 aromatic heterocycles. The van der Waals surface area contributed by atoms with Crippen LogP contribution in [0.2, 0.25) is 0 Å². The summed E-state index contributed by atoms with van der Waals surface area (Å²) in [5, 5.41) is 2.84. The van der Waals surface area contributed by atoms with Crippen molar-refractivity contribution in [3.63, 3.8) is 0 Å². The SMILES string of the molecule is CC1C(=O)Nc2ccc(C(=O)CN3CCN(c4ccccn4)CC3)cc21. The molecule has 1 unspecified atom stereocenters. The Morgan fingerprint density at radius 1 is 1.19 bits per heavy atom. The number of amides is 1. The van der Waals surface area contributed by atoms with E-state index >= 15 is 0 Å². The van der Waals surface area contributed by atoms with Crippen LogP contribution in [0.4, 0.5) is 11.5 Å². The highest BCUT2D eigenvalue weighted by molar-refractivity contribution is 6.05. The highest BCUT2D eigenvalue weighted by atomic mass is 16.2. The molecule has 6 heteroatoms. The van der Waals surface area contributed by atoms with Crippen molar-refractivity contribution in [1.29, 1.82) is 0 Å². The molecule has 3 heterocycles. The van der Waals surface area contributed by atoms with Crippen molar-refractivity contribution in [1.82, 2.24) is 9.88 Å². The van der Waals surface area contributed by atoms with E-state index in [2.05, 4.69) is 20.1 Å². The number of hydrogen-bond acceptors (Lipinski definition) is 5. The molecular weight excluding hydrogens is 328 g/mol. The summed E-state index contributed by atoms with van der Waals surface area (Å²) in [5.74, 6) is 0.892. The van der Waals surface area contributed by atoms with Crippen molar-refractivity contribution in [3.05, 3.63) is 53.7 Å². The van der Waals surface area contributed by atoms with Crippen LogP contribution in [0.3, 0.4) is 0 Å². The lowest BCUT2D eigenvalue weighted by Crippen LogP contribution is -2.48. The molecule has 6 nitrogen and oxygen atoms in total. The summed E-state index contributed by atoms with van der Waals surface area (Å²) in [6.45, 7) is 5.68. The Kier molecular flexibility index (Phi) is 4.42. The monoisotopic (exact) mass is 350 g/mol. The summed E-state index contributed by atoms with van der Waals surface area (Å²) < 4.78 is 0. The van der Waals surface area contributed by atoms with Gasteiger partial charge in [0.05, 0.1) is 12.5 Å². The number of Topliss-reactive ketones (excluding diaryl/α,β-unsaturated/α-hetero) is 1. The van der Waals surface area contributed by atoms with Gasteiger partial charge in [-0.05, 0) is 42.8 Å². The van der Waals surface area contributed by atoms with Gasteiger partial charge in [0.2, 0.25) is 5.91 Å². The number of pyridine rings is 1. The second kappa shape index (κ2) is 6.88. The third-order valence-electron chi connectivity index (χ3n) is 5.20. The van der Waals surface area contributed by atoms with Gasteiger partial charge in [-0.15, -0.1) is 0 Å². The van der Waals surface area contributed by atoms with E-state index in [1.54, 1.807) is 6.20 Å². The standard InChI is InChI=1S/C20H22N4O2/c1-14-16-12-15(5-6-17(16)22-20(14)26)18(25)13-23-8-10-24(11-9-23)19-4-2-3-7-21-19/h2-7,12,14H,8-11,13H2,1H3,(H,22,26). The van der Waals surface area contributed by atoms with Crippen LogP contribution in [0.15, 0.2) is 42.6 Å². The Labute approximate surface area is 152 Å². The molecule has 1 fully saturated rings. The number of fused-ring (bicyclic) bond motifs is 1. The molecule has 1 atom stereocenters. The van der Waals surface area contributed by atoms with Crippen molar-refractivity contribution in [3.8, 4) is 0 Å². The number of rotatable bonds is 4. The van der Waals surface area contributed by atoms with Gasteiger partial charge in [-0.25, -0.2) is 4.98 Å². The second-order valence-corrected chi connectivity index (χ2v) is 6.89. The van der Waals surface area contributed by atoms with E-state index in [0.717, 1.165) is 43.2 Å². The molecule has 0 bridgehead atoms. The van der Waals surface area contributed by atoms with Gasteiger partial charge < -0.3 is 10.2 Å². The van der Waals surface area contributed by atoms with Gasteiger partial charge in [-0.3, -0.25) is 14.5 Å². The van der Waals surface area contributed by atoms with E-state index in [1.807, 2.05) is 43.3 Å². The van der Waals surface area contributed by atoms with Gasteiger partial charge in [0.15, 0.2) is 5.78 Å². The van der Waals surface area contributed by atoms with Gasteiger partial charge in [0.1, 0.15) is 5.82 Å². The maximum Gasteiger partial charge on any atom is 0.231 e. The fraction of sp³-hybridized carbons (Fsp3) is 0.350. The van der Waals surface area contributed by atoms with Gasteiger partial charge in [0.25, 0.3) is 0 Å². The van der Waals surface area contributed by atoms with Crippen LogP contribution in [0.25, 0.3) is 0 Å². The maximum atomic E-state index is 12.7.